The van der Waals surface area contributed by atoms with Crippen LogP contribution in [-0.4, -0.2) is 49.3 Å². The average Bonchev–Trinajstić information content (AvgIpc) is 3.54. The van der Waals surface area contributed by atoms with E-state index in [9.17, 15) is 14.4 Å². The van der Waals surface area contributed by atoms with Gasteiger partial charge in [0.2, 0.25) is 5.91 Å². The molecule has 1 heterocycles. The van der Waals surface area contributed by atoms with Crippen LogP contribution in [0.3, 0.4) is 0 Å². The fourth-order valence-corrected chi connectivity index (χ4v) is 5.32. The van der Waals surface area contributed by atoms with Gasteiger partial charge in [0.25, 0.3) is 11.8 Å². The number of ether oxygens (including phenoxy) is 3. The first kappa shape index (κ1) is 31.1. The van der Waals surface area contributed by atoms with E-state index in [1.54, 1.807) is 79.2 Å². The molecular weight excluding hydrogens is 588 g/mol. The number of thiazole rings is 1. The summed E-state index contributed by atoms with van der Waals surface area (Å²) in [7, 11) is 4.49. The molecular formula is C31H30N4O6S2. The Kier molecular flexibility index (Phi) is 10.8. The van der Waals surface area contributed by atoms with Crippen molar-refractivity contribution < 1.29 is 28.6 Å². The van der Waals surface area contributed by atoms with Crippen molar-refractivity contribution in [3.8, 4) is 17.2 Å². The summed E-state index contributed by atoms with van der Waals surface area (Å²) in [6.45, 7) is 1.79. The SMILES string of the molecule is COc1cc(OC)c(OC)cc1/C=C(/NC(=O)c1ccccc1)C(=O)Nc1cccc(SC(C)C(=O)Nc2nccs2)c1. The van der Waals surface area contributed by atoms with E-state index in [0.717, 1.165) is 4.90 Å². The van der Waals surface area contributed by atoms with Crippen molar-refractivity contribution in [2.24, 2.45) is 0 Å². The van der Waals surface area contributed by atoms with E-state index < -0.39 is 17.1 Å². The van der Waals surface area contributed by atoms with Crippen molar-refractivity contribution in [2.45, 2.75) is 17.1 Å². The molecule has 43 heavy (non-hydrogen) atoms. The van der Waals surface area contributed by atoms with E-state index in [1.165, 1.54) is 50.5 Å². The molecule has 1 unspecified atom stereocenters. The molecule has 0 aliphatic heterocycles. The number of methoxy groups -OCH3 is 3. The van der Waals surface area contributed by atoms with Crippen molar-refractivity contribution in [2.75, 3.05) is 32.0 Å². The minimum absolute atomic E-state index is 0.0337. The second kappa shape index (κ2) is 14.9. The Morgan fingerprint density at radius 3 is 2.28 bits per heavy atom. The lowest BCUT2D eigenvalue weighted by Gasteiger charge is -2.15. The van der Waals surface area contributed by atoms with Crippen LogP contribution in [0.5, 0.6) is 17.2 Å². The zero-order valence-corrected chi connectivity index (χ0v) is 25.5. The Morgan fingerprint density at radius 2 is 1.60 bits per heavy atom. The Labute approximate surface area is 257 Å². The summed E-state index contributed by atoms with van der Waals surface area (Å²) in [4.78, 5) is 44.1. The van der Waals surface area contributed by atoms with Gasteiger partial charge in [-0.05, 0) is 49.4 Å². The molecule has 0 spiro atoms. The quantitative estimate of drug-likeness (QED) is 0.136. The molecule has 3 N–H and O–H groups in total. The smallest absolute Gasteiger partial charge is 0.272 e. The summed E-state index contributed by atoms with van der Waals surface area (Å²) >= 11 is 2.67. The Hall–Kier alpha value is -4.81. The molecule has 0 aliphatic carbocycles. The summed E-state index contributed by atoms with van der Waals surface area (Å²) < 4.78 is 16.3. The molecule has 4 aromatic rings. The molecule has 10 nitrogen and oxygen atoms in total. The van der Waals surface area contributed by atoms with E-state index in [2.05, 4.69) is 20.9 Å². The molecule has 1 aromatic heterocycles. The predicted octanol–water partition coefficient (Wildman–Crippen LogP) is 5.70. The first-order chi connectivity index (χ1) is 20.8. The number of rotatable bonds is 12. The van der Waals surface area contributed by atoms with Gasteiger partial charge in [0.1, 0.15) is 11.4 Å². The maximum absolute atomic E-state index is 13.6. The lowest BCUT2D eigenvalue weighted by molar-refractivity contribution is -0.115. The number of hydrogen-bond donors (Lipinski definition) is 3. The highest BCUT2D eigenvalue weighted by molar-refractivity contribution is 8.00. The first-order valence-corrected chi connectivity index (χ1v) is 14.7. The molecule has 3 amide bonds. The maximum Gasteiger partial charge on any atom is 0.272 e. The summed E-state index contributed by atoms with van der Waals surface area (Å²) in [5.41, 5.74) is 1.29. The zero-order valence-electron chi connectivity index (χ0n) is 23.9. The van der Waals surface area contributed by atoms with Gasteiger partial charge in [-0.15, -0.1) is 23.1 Å². The minimum atomic E-state index is -0.571. The number of carbonyl (C=O) groups is 3. The fourth-order valence-electron chi connectivity index (χ4n) is 3.86. The monoisotopic (exact) mass is 618 g/mol. The van der Waals surface area contributed by atoms with Crippen LogP contribution in [0.25, 0.3) is 6.08 Å². The molecule has 0 radical (unpaired) electrons. The van der Waals surface area contributed by atoms with Crippen LogP contribution in [0, 0.1) is 0 Å². The summed E-state index contributed by atoms with van der Waals surface area (Å²) in [6.07, 6.45) is 3.12. The van der Waals surface area contributed by atoms with Crippen LogP contribution in [-0.2, 0) is 9.59 Å². The molecule has 12 heteroatoms. The standard InChI is InChI=1S/C31H30N4O6S2/c1-19(28(36)35-31-32-13-14-42-31)43-23-12-8-11-22(17-23)33-30(38)24(34-29(37)20-9-6-5-7-10-20)15-21-16-26(40-3)27(41-4)18-25(21)39-2/h5-19H,1-4H3,(H,33,38)(H,34,37)(H,32,35,36)/b24-15+. The van der Waals surface area contributed by atoms with Crippen LogP contribution in [0.1, 0.15) is 22.8 Å². The van der Waals surface area contributed by atoms with Crippen LogP contribution in [0.15, 0.2) is 88.9 Å². The summed E-state index contributed by atoms with van der Waals surface area (Å²) in [5, 5.41) is 10.2. The highest BCUT2D eigenvalue weighted by Gasteiger charge is 2.19. The topological polar surface area (TPSA) is 128 Å². The Morgan fingerprint density at radius 1 is 0.884 bits per heavy atom. The normalized spacial score (nSPS) is 11.7. The molecule has 0 saturated carbocycles. The van der Waals surface area contributed by atoms with Gasteiger partial charge in [0.15, 0.2) is 16.6 Å². The van der Waals surface area contributed by atoms with E-state index in [0.29, 0.717) is 39.2 Å². The third kappa shape index (κ3) is 8.37. The van der Waals surface area contributed by atoms with Crippen molar-refractivity contribution in [1.29, 1.82) is 0 Å². The summed E-state index contributed by atoms with van der Waals surface area (Å²) in [6, 6.07) is 18.9. The number of benzene rings is 3. The number of carbonyl (C=O) groups excluding carboxylic acids is 3. The van der Waals surface area contributed by atoms with E-state index in [-0.39, 0.29) is 11.6 Å². The largest absolute Gasteiger partial charge is 0.496 e. The lowest BCUT2D eigenvalue weighted by atomic mass is 10.1. The van der Waals surface area contributed by atoms with Gasteiger partial charge in [-0.1, -0.05) is 24.3 Å². The zero-order chi connectivity index (χ0) is 30.8. The third-order valence-electron chi connectivity index (χ3n) is 6.00. The highest BCUT2D eigenvalue weighted by Crippen LogP contribution is 2.36. The predicted molar refractivity (Wildman–Crippen MR) is 169 cm³/mol. The van der Waals surface area contributed by atoms with Gasteiger partial charge < -0.3 is 30.2 Å². The molecule has 4 rings (SSSR count). The second-order valence-corrected chi connectivity index (χ2v) is 11.2. The van der Waals surface area contributed by atoms with Crippen molar-refractivity contribution in [3.05, 3.63) is 95.1 Å². The van der Waals surface area contributed by atoms with Gasteiger partial charge in [-0.25, -0.2) is 4.98 Å². The number of aromatic nitrogens is 1. The van der Waals surface area contributed by atoms with Gasteiger partial charge in [-0.2, -0.15) is 0 Å². The third-order valence-corrected chi connectivity index (χ3v) is 7.78. The van der Waals surface area contributed by atoms with E-state index >= 15 is 0 Å². The molecule has 0 saturated heterocycles. The van der Waals surface area contributed by atoms with Gasteiger partial charge >= 0.3 is 0 Å². The van der Waals surface area contributed by atoms with Crippen LogP contribution in [0.2, 0.25) is 0 Å². The fraction of sp³-hybridized carbons (Fsp3) is 0.161. The van der Waals surface area contributed by atoms with Crippen molar-refractivity contribution in [1.82, 2.24) is 10.3 Å². The number of nitrogens with one attached hydrogen (secondary N) is 3. The number of thioether (sulfide) groups is 1. The average molecular weight is 619 g/mol. The number of amides is 3. The van der Waals surface area contributed by atoms with Gasteiger partial charge in [-0.3, -0.25) is 14.4 Å². The van der Waals surface area contributed by atoms with Gasteiger partial charge in [0, 0.05) is 39.4 Å². The maximum atomic E-state index is 13.6. The summed E-state index contributed by atoms with van der Waals surface area (Å²) in [5.74, 6) is 0.0391. The molecule has 3 aromatic carbocycles. The lowest BCUT2D eigenvalue weighted by Crippen LogP contribution is -2.30. The number of anilines is 2. The second-order valence-electron chi connectivity index (χ2n) is 8.90. The van der Waals surface area contributed by atoms with Crippen LogP contribution in [0.4, 0.5) is 10.8 Å². The number of nitrogens with zero attached hydrogens (tertiary/aromatic N) is 1. The Balaban J connectivity index is 1.59. The minimum Gasteiger partial charge on any atom is -0.496 e. The molecule has 0 aliphatic rings. The molecule has 1 atom stereocenters. The molecule has 0 fully saturated rings. The van der Waals surface area contributed by atoms with Crippen molar-refractivity contribution in [3.63, 3.8) is 0 Å². The highest BCUT2D eigenvalue weighted by atomic mass is 32.2. The van der Waals surface area contributed by atoms with Crippen LogP contribution < -0.4 is 30.2 Å². The molecule has 0 bridgehead atoms. The van der Waals surface area contributed by atoms with E-state index in [4.69, 9.17) is 14.2 Å². The van der Waals surface area contributed by atoms with Crippen LogP contribution >= 0.6 is 23.1 Å². The van der Waals surface area contributed by atoms with E-state index in [1.807, 2.05) is 6.07 Å². The van der Waals surface area contributed by atoms with Gasteiger partial charge in [0.05, 0.1) is 26.6 Å². The Bertz CT molecular complexity index is 1610. The van der Waals surface area contributed by atoms with Crippen molar-refractivity contribution >= 4 is 57.7 Å². The number of hydrogen-bond acceptors (Lipinski definition) is 9. The molecule has 222 valence electrons. The first-order valence-electron chi connectivity index (χ1n) is 13.0.